The van der Waals surface area contributed by atoms with E-state index in [-0.39, 0.29) is 12.2 Å². The van der Waals surface area contributed by atoms with Crippen LogP contribution in [-0.2, 0) is 0 Å². The highest BCUT2D eigenvalue weighted by molar-refractivity contribution is 5.89. The lowest BCUT2D eigenvalue weighted by Gasteiger charge is -2.14. The second-order valence-electron chi connectivity index (χ2n) is 3.07. The van der Waals surface area contributed by atoms with Crippen molar-refractivity contribution in [2.75, 3.05) is 18.9 Å². The first-order chi connectivity index (χ1) is 7.54. The van der Waals surface area contributed by atoms with E-state index in [2.05, 4.69) is 5.32 Å². The average Bonchev–Trinajstić information content (AvgIpc) is 2.22. The van der Waals surface area contributed by atoms with Gasteiger partial charge in [-0.05, 0) is 12.1 Å². The predicted molar refractivity (Wildman–Crippen MR) is 53.6 cm³/mol. The molecule has 0 saturated heterocycles. The predicted octanol–water partition coefficient (Wildman–Crippen LogP) is 1.95. The van der Waals surface area contributed by atoms with E-state index in [1.807, 2.05) is 0 Å². The number of rotatable bonds is 2. The number of urea groups is 1. The van der Waals surface area contributed by atoms with Crippen molar-refractivity contribution in [3.8, 4) is 6.07 Å². The molecule has 0 radical (unpaired) electrons. The van der Waals surface area contributed by atoms with Crippen molar-refractivity contribution in [2.45, 2.75) is 0 Å². The molecule has 0 aromatic heterocycles. The van der Waals surface area contributed by atoms with Crippen LogP contribution in [0.2, 0.25) is 0 Å². The van der Waals surface area contributed by atoms with E-state index >= 15 is 0 Å². The van der Waals surface area contributed by atoms with E-state index in [1.165, 1.54) is 7.05 Å². The van der Waals surface area contributed by atoms with Crippen LogP contribution in [-0.4, -0.2) is 24.5 Å². The van der Waals surface area contributed by atoms with Crippen molar-refractivity contribution >= 4 is 11.7 Å². The Morgan fingerprint density at radius 2 is 2.25 bits per heavy atom. The molecule has 1 aromatic rings. The molecule has 0 spiro atoms. The zero-order valence-electron chi connectivity index (χ0n) is 8.50. The van der Waals surface area contributed by atoms with Crippen LogP contribution in [0, 0.1) is 23.0 Å². The minimum absolute atomic E-state index is 0.116. The Morgan fingerprint density at radius 1 is 1.56 bits per heavy atom. The normalized spacial score (nSPS) is 9.38. The van der Waals surface area contributed by atoms with Crippen LogP contribution >= 0.6 is 0 Å². The molecule has 4 nitrogen and oxygen atoms in total. The van der Waals surface area contributed by atoms with Gasteiger partial charge in [0.25, 0.3) is 0 Å². The van der Waals surface area contributed by atoms with Crippen molar-refractivity contribution in [3.63, 3.8) is 0 Å². The number of amides is 2. The average molecular weight is 225 g/mol. The van der Waals surface area contributed by atoms with Gasteiger partial charge in [0.1, 0.15) is 18.2 Å². The third kappa shape index (κ3) is 2.92. The van der Waals surface area contributed by atoms with E-state index < -0.39 is 17.7 Å². The fraction of sp³-hybridized carbons (Fsp3) is 0.200. The summed E-state index contributed by atoms with van der Waals surface area (Å²) in [5, 5.41) is 10.6. The Balaban J connectivity index is 2.74. The Labute approximate surface area is 91.1 Å². The fourth-order valence-corrected chi connectivity index (χ4v) is 0.979. The lowest BCUT2D eigenvalue weighted by Crippen LogP contribution is -2.31. The summed E-state index contributed by atoms with van der Waals surface area (Å²) >= 11 is 0. The van der Waals surface area contributed by atoms with Crippen molar-refractivity contribution in [3.05, 3.63) is 29.8 Å². The highest BCUT2D eigenvalue weighted by atomic mass is 19.1. The molecule has 6 heteroatoms. The summed E-state index contributed by atoms with van der Waals surface area (Å²) in [7, 11) is 1.39. The van der Waals surface area contributed by atoms with E-state index in [9.17, 15) is 13.6 Å². The van der Waals surface area contributed by atoms with E-state index in [1.54, 1.807) is 6.07 Å². The molecule has 1 rings (SSSR count). The first-order valence-electron chi connectivity index (χ1n) is 4.38. The van der Waals surface area contributed by atoms with Gasteiger partial charge in [0.15, 0.2) is 0 Å². The van der Waals surface area contributed by atoms with Crippen molar-refractivity contribution < 1.29 is 13.6 Å². The standard InChI is InChI=1S/C10H9F2N3O/c1-15(5-4-13)10(16)14-9-3-2-7(11)6-8(9)12/h2-3,6H,5H2,1H3,(H,14,16). The third-order valence-electron chi connectivity index (χ3n) is 1.83. The summed E-state index contributed by atoms with van der Waals surface area (Å²) in [5.41, 5.74) is -0.129. The number of nitriles is 1. The van der Waals surface area contributed by atoms with Gasteiger partial charge in [-0.25, -0.2) is 13.6 Å². The number of carbonyl (C=O) groups is 1. The molecule has 0 aliphatic heterocycles. The summed E-state index contributed by atoms with van der Waals surface area (Å²) in [4.78, 5) is 12.4. The van der Waals surface area contributed by atoms with Crippen LogP contribution in [0.5, 0.6) is 0 Å². The molecule has 0 heterocycles. The number of nitrogens with one attached hydrogen (secondary N) is 1. The molecule has 1 N–H and O–H groups in total. The lowest BCUT2D eigenvalue weighted by atomic mass is 10.3. The monoisotopic (exact) mass is 225 g/mol. The fourth-order valence-electron chi connectivity index (χ4n) is 0.979. The first-order valence-corrected chi connectivity index (χ1v) is 4.38. The molecule has 0 aliphatic rings. The van der Waals surface area contributed by atoms with E-state index in [4.69, 9.17) is 5.26 Å². The molecule has 0 bridgehead atoms. The number of anilines is 1. The van der Waals surface area contributed by atoms with E-state index in [0.717, 1.165) is 17.0 Å². The van der Waals surface area contributed by atoms with Crippen LogP contribution in [0.15, 0.2) is 18.2 Å². The van der Waals surface area contributed by atoms with Crippen LogP contribution in [0.25, 0.3) is 0 Å². The Hall–Kier alpha value is -2.16. The smallest absolute Gasteiger partial charge is 0.314 e. The maximum atomic E-state index is 13.1. The Bertz CT molecular complexity index is 442. The summed E-state index contributed by atoms with van der Waals surface area (Å²) in [6, 6.07) is 3.95. The minimum Gasteiger partial charge on any atom is -0.314 e. The summed E-state index contributed by atoms with van der Waals surface area (Å²) in [5.74, 6) is -1.58. The van der Waals surface area contributed by atoms with Gasteiger partial charge in [0.05, 0.1) is 11.8 Å². The van der Waals surface area contributed by atoms with Gasteiger partial charge in [-0.2, -0.15) is 5.26 Å². The van der Waals surface area contributed by atoms with Crippen molar-refractivity contribution in [2.24, 2.45) is 0 Å². The van der Waals surface area contributed by atoms with E-state index in [0.29, 0.717) is 6.07 Å². The molecule has 84 valence electrons. The molecule has 0 saturated carbocycles. The molecule has 0 aliphatic carbocycles. The molecule has 16 heavy (non-hydrogen) atoms. The maximum absolute atomic E-state index is 13.1. The van der Waals surface area contributed by atoms with Gasteiger partial charge in [-0.3, -0.25) is 0 Å². The first kappa shape index (κ1) is 11.9. The molecule has 1 aromatic carbocycles. The lowest BCUT2D eigenvalue weighted by molar-refractivity contribution is 0.227. The summed E-state index contributed by atoms with van der Waals surface area (Å²) in [6.07, 6.45) is 0. The van der Waals surface area contributed by atoms with Crippen LogP contribution in [0.1, 0.15) is 0 Å². The van der Waals surface area contributed by atoms with Crippen LogP contribution in [0.3, 0.4) is 0 Å². The topological polar surface area (TPSA) is 56.1 Å². The number of hydrogen-bond donors (Lipinski definition) is 1. The number of hydrogen-bond acceptors (Lipinski definition) is 2. The SMILES string of the molecule is CN(CC#N)C(=O)Nc1ccc(F)cc1F. The zero-order valence-corrected chi connectivity index (χ0v) is 8.50. The van der Waals surface area contributed by atoms with Crippen LogP contribution < -0.4 is 5.32 Å². The quantitative estimate of drug-likeness (QED) is 0.782. The zero-order chi connectivity index (χ0) is 12.1. The third-order valence-corrected chi connectivity index (χ3v) is 1.83. The minimum atomic E-state index is -0.862. The summed E-state index contributed by atoms with van der Waals surface area (Å²) < 4.78 is 25.7. The second-order valence-corrected chi connectivity index (χ2v) is 3.07. The molecule has 0 unspecified atom stereocenters. The largest absolute Gasteiger partial charge is 0.322 e. The van der Waals surface area contributed by atoms with Gasteiger partial charge < -0.3 is 10.2 Å². The second kappa shape index (κ2) is 5.07. The Kier molecular flexibility index (Phi) is 3.78. The van der Waals surface area contributed by atoms with Crippen molar-refractivity contribution in [1.29, 1.82) is 5.26 Å². The Morgan fingerprint density at radius 3 is 2.81 bits per heavy atom. The molecular weight excluding hydrogens is 216 g/mol. The maximum Gasteiger partial charge on any atom is 0.322 e. The number of carbonyl (C=O) groups excluding carboxylic acids is 1. The molecular formula is C10H9F2N3O. The molecule has 2 amide bonds. The highest BCUT2D eigenvalue weighted by Crippen LogP contribution is 2.15. The van der Waals surface area contributed by atoms with Gasteiger partial charge >= 0.3 is 6.03 Å². The number of halogens is 2. The summed E-state index contributed by atoms with van der Waals surface area (Å²) in [6.45, 7) is -0.116. The van der Waals surface area contributed by atoms with Gasteiger partial charge in [-0.1, -0.05) is 0 Å². The van der Waals surface area contributed by atoms with Gasteiger partial charge in [-0.15, -0.1) is 0 Å². The van der Waals surface area contributed by atoms with Crippen LogP contribution in [0.4, 0.5) is 19.3 Å². The van der Waals surface area contributed by atoms with Gasteiger partial charge in [0.2, 0.25) is 0 Å². The molecule has 0 atom stereocenters. The number of benzene rings is 1. The number of nitrogens with zero attached hydrogens (tertiary/aromatic N) is 2. The van der Waals surface area contributed by atoms with Crippen molar-refractivity contribution in [1.82, 2.24) is 4.90 Å². The van der Waals surface area contributed by atoms with Gasteiger partial charge in [0, 0.05) is 13.1 Å². The highest BCUT2D eigenvalue weighted by Gasteiger charge is 2.11. The molecule has 0 fully saturated rings.